The van der Waals surface area contributed by atoms with Gasteiger partial charge in [0.1, 0.15) is 0 Å². The highest BCUT2D eigenvalue weighted by atomic mass is 16.2. The molecule has 0 saturated carbocycles. The number of hydrogen-bond donors (Lipinski definition) is 0. The summed E-state index contributed by atoms with van der Waals surface area (Å²) in [6.45, 7) is 5.06. The van der Waals surface area contributed by atoms with E-state index in [2.05, 4.69) is 4.98 Å². The average molecular weight is 298 g/mol. The molecule has 6 nitrogen and oxygen atoms in total. The lowest BCUT2D eigenvalue weighted by molar-refractivity contribution is 0.603. The molecule has 0 aliphatic carbocycles. The summed E-state index contributed by atoms with van der Waals surface area (Å²) in [6.07, 6.45) is 1.63. The maximum absolute atomic E-state index is 12.6. The number of aryl methyl sites for hydroxylation is 1. The van der Waals surface area contributed by atoms with E-state index in [-0.39, 0.29) is 11.2 Å². The van der Waals surface area contributed by atoms with Crippen molar-refractivity contribution in [2.24, 2.45) is 0 Å². The molecule has 0 aliphatic rings. The summed E-state index contributed by atoms with van der Waals surface area (Å²) in [5, 5.41) is 0. The van der Waals surface area contributed by atoms with Crippen molar-refractivity contribution in [3.63, 3.8) is 0 Å². The first kappa shape index (κ1) is 14.3. The number of fused-ring (bicyclic) bond motifs is 1. The first-order chi connectivity index (χ1) is 10.7. The van der Waals surface area contributed by atoms with Crippen LogP contribution in [0.3, 0.4) is 0 Å². The van der Waals surface area contributed by atoms with E-state index >= 15 is 0 Å². The Bertz CT molecular complexity index is 919. The van der Waals surface area contributed by atoms with Gasteiger partial charge in [0.25, 0.3) is 5.56 Å². The lowest BCUT2D eigenvalue weighted by Gasteiger charge is -2.09. The molecule has 6 heteroatoms. The molecule has 0 unspecified atom stereocenters. The highest BCUT2D eigenvalue weighted by molar-refractivity contribution is 5.70. The normalized spacial score (nSPS) is 11.2. The van der Waals surface area contributed by atoms with Crippen molar-refractivity contribution in [2.45, 2.75) is 33.5 Å². The van der Waals surface area contributed by atoms with Crippen LogP contribution in [0.4, 0.5) is 0 Å². The third-order valence-corrected chi connectivity index (χ3v) is 3.81. The summed E-state index contributed by atoms with van der Waals surface area (Å²) >= 11 is 0. The topological polar surface area (TPSA) is 61.8 Å². The quantitative estimate of drug-likeness (QED) is 0.732. The van der Waals surface area contributed by atoms with Crippen molar-refractivity contribution in [2.75, 3.05) is 0 Å². The molecule has 0 radical (unpaired) electrons. The van der Waals surface area contributed by atoms with Crippen molar-refractivity contribution < 1.29 is 0 Å². The van der Waals surface area contributed by atoms with Crippen LogP contribution in [0.1, 0.15) is 19.4 Å². The fraction of sp³-hybridized carbons (Fsp3) is 0.312. The van der Waals surface area contributed by atoms with Gasteiger partial charge in [-0.2, -0.15) is 0 Å². The van der Waals surface area contributed by atoms with Gasteiger partial charge in [-0.3, -0.25) is 13.9 Å². The minimum Gasteiger partial charge on any atom is -0.320 e. The number of imidazole rings is 1. The molecule has 2 aromatic heterocycles. The van der Waals surface area contributed by atoms with Crippen LogP contribution >= 0.6 is 0 Å². The molecular weight excluding hydrogens is 280 g/mol. The molecule has 114 valence electrons. The number of rotatable bonds is 4. The molecule has 22 heavy (non-hydrogen) atoms. The highest BCUT2D eigenvalue weighted by Crippen LogP contribution is 2.10. The van der Waals surface area contributed by atoms with Gasteiger partial charge in [0, 0.05) is 19.6 Å². The first-order valence-electron chi connectivity index (χ1n) is 7.39. The van der Waals surface area contributed by atoms with E-state index in [1.807, 2.05) is 41.8 Å². The fourth-order valence-corrected chi connectivity index (χ4v) is 2.70. The standard InChI is InChI=1S/C16H18N4O2/c1-3-19-14-13(15(21)20(4-2)16(19)22)18(11-17-14)10-12-8-6-5-7-9-12/h5-9,11H,3-4,10H2,1-2H3. The molecule has 0 spiro atoms. The molecule has 3 aromatic rings. The van der Waals surface area contributed by atoms with Gasteiger partial charge in [-0.05, 0) is 19.4 Å². The van der Waals surface area contributed by atoms with E-state index in [0.29, 0.717) is 30.8 Å². The van der Waals surface area contributed by atoms with E-state index < -0.39 is 0 Å². The Balaban J connectivity index is 2.26. The maximum Gasteiger partial charge on any atom is 0.332 e. The molecule has 0 N–H and O–H groups in total. The van der Waals surface area contributed by atoms with Gasteiger partial charge < -0.3 is 4.57 Å². The van der Waals surface area contributed by atoms with Crippen LogP contribution in [0.5, 0.6) is 0 Å². The number of benzene rings is 1. The summed E-state index contributed by atoms with van der Waals surface area (Å²) in [5.74, 6) is 0. The zero-order chi connectivity index (χ0) is 15.7. The number of aromatic nitrogens is 4. The Hall–Kier alpha value is -2.63. The van der Waals surface area contributed by atoms with Gasteiger partial charge in [0.15, 0.2) is 11.2 Å². The second-order valence-corrected chi connectivity index (χ2v) is 5.11. The summed E-state index contributed by atoms with van der Waals surface area (Å²) in [5.41, 5.74) is 1.44. The highest BCUT2D eigenvalue weighted by Gasteiger charge is 2.16. The lowest BCUT2D eigenvalue weighted by Crippen LogP contribution is -2.40. The summed E-state index contributed by atoms with van der Waals surface area (Å²) < 4.78 is 4.61. The summed E-state index contributed by atoms with van der Waals surface area (Å²) in [6, 6.07) is 9.87. The van der Waals surface area contributed by atoms with Gasteiger partial charge in [-0.25, -0.2) is 9.78 Å². The molecular formula is C16H18N4O2. The van der Waals surface area contributed by atoms with Crippen LogP contribution in [0, 0.1) is 0 Å². The smallest absolute Gasteiger partial charge is 0.320 e. The van der Waals surface area contributed by atoms with Crippen molar-refractivity contribution in [3.8, 4) is 0 Å². The van der Waals surface area contributed by atoms with Gasteiger partial charge >= 0.3 is 5.69 Å². The second-order valence-electron chi connectivity index (χ2n) is 5.11. The third kappa shape index (κ3) is 2.16. The fourth-order valence-electron chi connectivity index (χ4n) is 2.70. The van der Waals surface area contributed by atoms with Crippen LogP contribution in [0.2, 0.25) is 0 Å². The molecule has 3 rings (SSSR count). The van der Waals surface area contributed by atoms with Gasteiger partial charge in [0.05, 0.1) is 6.33 Å². The van der Waals surface area contributed by atoms with Crippen LogP contribution in [0.25, 0.3) is 11.2 Å². The molecule has 2 heterocycles. The van der Waals surface area contributed by atoms with E-state index in [1.54, 1.807) is 17.8 Å². The summed E-state index contributed by atoms with van der Waals surface area (Å²) in [4.78, 5) is 29.2. The van der Waals surface area contributed by atoms with Gasteiger partial charge in [-0.1, -0.05) is 30.3 Å². The predicted octanol–water partition coefficient (Wildman–Crippen LogP) is 1.45. The van der Waals surface area contributed by atoms with E-state index in [1.165, 1.54) is 4.57 Å². The Labute approximate surface area is 127 Å². The molecule has 0 fully saturated rings. The van der Waals surface area contributed by atoms with E-state index in [4.69, 9.17) is 0 Å². The number of hydrogen-bond acceptors (Lipinski definition) is 3. The minimum atomic E-state index is -0.299. The predicted molar refractivity (Wildman–Crippen MR) is 85.1 cm³/mol. The average Bonchev–Trinajstić information content (AvgIpc) is 2.93. The Morgan fingerprint density at radius 3 is 2.32 bits per heavy atom. The van der Waals surface area contributed by atoms with Crippen molar-refractivity contribution in [1.29, 1.82) is 0 Å². The lowest BCUT2D eigenvalue weighted by atomic mass is 10.2. The van der Waals surface area contributed by atoms with Gasteiger partial charge in [0.2, 0.25) is 0 Å². The number of nitrogens with zero attached hydrogens (tertiary/aromatic N) is 4. The minimum absolute atomic E-state index is 0.277. The third-order valence-electron chi connectivity index (χ3n) is 3.81. The first-order valence-corrected chi connectivity index (χ1v) is 7.39. The van der Waals surface area contributed by atoms with Crippen molar-refractivity contribution >= 4 is 11.2 Å². The largest absolute Gasteiger partial charge is 0.332 e. The molecule has 0 bridgehead atoms. The molecule has 0 saturated heterocycles. The van der Waals surface area contributed by atoms with Crippen LogP contribution in [0.15, 0.2) is 46.2 Å². The van der Waals surface area contributed by atoms with Crippen molar-refractivity contribution in [3.05, 3.63) is 63.1 Å². The van der Waals surface area contributed by atoms with Crippen LogP contribution < -0.4 is 11.2 Å². The zero-order valence-corrected chi connectivity index (χ0v) is 12.7. The van der Waals surface area contributed by atoms with Crippen LogP contribution in [-0.2, 0) is 19.6 Å². The van der Waals surface area contributed by atoms with Crippen LogP contribution in [-0.4, -0.2) is 18.7 Å². The Morgan fingerprint density at radius 2 is 1.68 bits per heavy atom. The van der Waals surface area contributed by atoms with E-state index in [0.717, 1.165) is 5.56 Å². The van der Waals surface area contributed by atoms with E-state index in [9.17, 15) is 9.59 Å². The SMILES string of the molecule is CCn1c(=O)c2c(ncn2Cc2ccccc2)n(CC)c1=O. The second kappa shape index (κ2) is 5.63. The van der Waals surface area contributed by atoms with Crippen molar-refractivity contribution in [1.82, 2.24) is 18.7 Å². The molecule has 0 amide bonds. The molecule has 1 aromatic carbocycles. The Morgan fingerprint density at radius 1 is 1.00 bits per heavy atom. The van der Waals surface area contributed by atoms with Gasteiger partial charge in [-0.15, -0.1) is 0 Å². The monoisotopic (exact) mass is 298 g/mol. The summed E-state index contributed by atoms with van der Waals surface area (Å²) in [7, 11) is 0. The zero-order valence-electron chi connectivity index (χ0n) is 12.7. The Kier molecular flexibility index (Phi) is 3.66. The molecule has 0 atom stereocenters. The maximum atomic E-state index is 12.6. The molecule has 0 aliphatic heterocycles.